The summed E-state index contributed by atoms with van der Waals surface area (Å²) in [6, 6.07) is 8.05. The third-order valence-electron chi connectivity index (χ3n) is 4.70. The summed E-state index contributed by atoms with van der Waals surface area (Å²) >= 11 is 0. The summed E-state index contributed by atoms with van der Waals surface area (Å²) in [6.45, 7) is 6.98. The molecule has 7 heteroatoms. The minimum absolute atomic E-state index is 0.264. The first kappa shape index (κ1) is 17.4. The van der Waals surface area contributed by atoms with Crippen molar-refractivity contribution in [2.45, 2.75) is 26.4 Å². The number of hydrogen-bond acceptors (Lipinski definition) is 3. The number of nitrogens with zero attached hydrogens (tertiary/aromatic N) is 4. The van der Waals surface area contributed by atoms with Gasteiger partial charge >= 0.3 is 0 Å². The minimum atomic E-state index is -0.615. The lowest BCUT2D eigenvalue weighted by Crippen LogP contribution is -2.35. The molecule has 0 aliphatic carbocycles. The first-order valence-electron chi connectivity index (χ1n) is 8.63. The number of hydrazone groups is 1. The third kappa shape index (κ3) is 4.36. The molecule has 3 rings (SSSR count). The van der Waals surface area contributed by atoms with E-state index in [1.165, 1.54) is 5.56 Å². The van der Waals surface area contributed by atoms with Gasteiger partial charge in [-0.05, 0) is 37.5 Å². The van der Waals surface area contributed by atoms with Crippen molar-refractivity contribution < 1.29 is 9.77 Å². The number of hydrogen-bond donors (Lipinski definition) is 0. The zero-order chi connectivity index (χ0) is 17.8. The summed E-state index contributed by atoms with van der Waals surface area (Å²) in [5.41, 5.74) is 2.26. The average Bonchev–Trinajstić information content (AvgIpc) is 3.14. The largest absolute Gasteiger partial charge is 0.378 e. The Labute approximate surface area is 147 Å². The van der Waals surface area contributed by atoms with E-state index >= 15 is 0 Å². The zero-order valence-electron chi connectivity index (χ0n) is 14.7. The molecule has 7 nitrogen and oxygen atoms in total. The van der Waals surface area contributed by atoms with E-state index in [4.69, 9.17) is 4.74 Å². The van der Waals surface area contributed by atoms with Crippen molar-refractivity contribution in [1.82, 2.24) is 9.80 Å². The number of benzene rings is 1. The Hall–Kier alpha value is -2.41. The van der Waals surface area contributed by atoms with Crippen LogP contribution in [0.1, 0.15) is 24.5 Å². The number of nitro groups is 1. The predicted molar refractivity (Wildman–Crippen MR) is 96.4 cm³/mol. The summed E-state index contributed by atoms with van der Waals surface area (Å²) in [5, 5.41) is 14.0. The number of rotatable bonds is 5. The molecule has 2 fully saturated rings. The summed E-state index contributed by atoms with van der Waals surface area (Å²) in [6.07, 6.45) is 5.12. The molecule has 1 aromatic carbocycles. The van der Waals surface area contributed by atoms with Crippen LogP contribution in [-0.2, 0) is 4.74 Å². The molecule has 0 saturated carbocycles. The van der Waals surface area contributed by atoms with Crippen molar-refractivity contribution in [2.24, 2.45) is 11.0 Å². The van der Waals surface area contributed by atoms with Gasteiger partial charge in [-0.1, -0.05) is 24.3 Å². The summed E-state index contributed by atoms with van der Waals surface area (Å²) in [7, 11) is 0. The Balaban J connectivity index is 1.73. The van der Waals surface area contributed by atoms with Crippen LogP contribution in [0.25, 0.3) is 6.08 Å². The van der Waals surface area contributed by atoms with Crippen LogP contribution in [-0.4, -0.2) is 53.1 Å². The van der Waals surface area contributed by atoms with E-state index in [1.807, 2.05) is 53.3 Å². The molecule has 25 heavy (non-hydrogen) atoms. The van der Waals surface area contributed by atoms with E-state index in [0.29, 0.717) is 25.0 Å². The summed E-state index contributed by atoms with van der Waals surface area (Å²) < 4.78 is 5.61. The lowest BCUT2D eigenvalue weighted by atomic mass is 10.1. The molecule has 0 bridgehead atoms. The maximum Gasteiger partial charge on any atom is 0.278 e. The van der Waals surface area contributed by atoms with Crippen LogP contribution in [0.4, 0.5) is 0 Å². The fraction of sp³-hybridized carbons (Fsp3) is 0.500. The van der Waals surface area contributed by atoms with Crippen molar-refractivity contribution >= 4 is 12.0 Å². The highest BCUT2D eigenvalue weighted by molar-refractivity contribution is 5.83. The molecule has 2 aliphatic rings. The summed E-state index contributed by atoms with van der Waals surface area (Å²) in [4.78, 5) is 14.8. The second-order valence-corrected chi connectivity index (χ2v) is 6.70. The number of aryl methyl sites for hydroxylation is 1. The second kappa shape index (κ2) is 7.65. The monoisotopic (exact) mass is 344 g/mol. The quantitative estimate of drug-likeness (QED) is 0.606. The molecule has 0 amide bonds. The molecule has 2 unspecified atom stereocenters. The molecule has 2 aliphatic heterocycles. The molecule has 0 spiro atoms. The third-order valence-corrected chi connectivity index (χ3v) is 4.70. The highest BCUT2D eigenvalue weighted by Crippen LogP contribution is 2.22. The van der Waals surface area contributed by atoms with Crippen LogP contribution < -0.4 is 0 Å². The van der Waals surface area contributed by atoms with E-state index in [1.54, 1.807) is 0 Å². The Morgan fingerprint density at radius 1 is 1.40 bits per heavy atom. The first-order valence-corrected chi connectivity index (χ1v) is 8.63. The van der Waals surface area contributed by atoms with Crippen LogP contribution in [0, 0.1) is 23.0 Å². The van der Waals surface area contributed by atoms with Crippen molar-refractivity contribution in [3.8, 4) is 0 Å². The Kier molecular flexibility index (Phi) is 5.33. The molecule has 2 saturated heterocycles. The molecule has 134 valence electrons. The van der Waals surface area contributed by atoms with Crippen LogP contribution in [0.2, 0.25) is 0 Å². The van der Waals surface area contributed by atoms with Gasteiger partial charge in [-0.2, -0.15) is 0 Å². The second-order valence-electron chi connectivity index (χ2n) is 6.70. The van der Waals surface area contributed by atoms with Crippen molar-refractivity contribution in [1.29, 1.82) is 0 Å². The maximum absolute atomic E-state index is 11.0. The highest BCUT2D eigenvalue weighted by atomic mass is 16.7. The van der Waals surface area contributed by atoms with Crippen LogP contribution >= 0.6 is 0 Å². The van der Waals surface area contributed by atoms with Gasteiger partial charge < -0.3 is 14.5 Å². The minimum Gasteiger partial charge on any atom is -0.378 e. The van der Waals surface area contributed by atoms with Crippen molar-refractivity contribution in [2.75, 3.05) is 26.2 Å². The molecule has 2 heterocycles. The zero-order valence-corrected chi connectivity index (χ0v) is 14.7. The molecular weight excluding hydrogens is 320 g/mol. The van der Waals surface area contributed by atoms with Crippen LogP contribution in [0.15, 0.2) is 35.6 Å². The normalized spacial score (nSPS) is 25.4. The first-order chi connectivity index (χ1) is 12.0. The fourth-order valence-corrected chi connectivity index (χ4v) is 3.41. The highest BCUT2D eigenvalue weighted by Gasteiger charge is 2.32. The van der Waals surface area contributed by atoms with Gasteiger partial charge in [-0.25, -0.2) is 10.1 Å². The molecule has 1 aromatic rings. The lowest BCUT2D eigenvalue weighted by molar-refractivity contribution is -0.486. The summed E-state index contributed by atoms with van der Waals surface area (Å²) in [5.74, 6) is 0.807. The van der Waals surface area contributed by atoms with E-state index in [-0.39, 0.29) is 6.10 Å². The predicted octanol–water partition coefficient (Wildman–Crippen LogP) is 2.56. The van der Waals surface area contributed by atoms with E-state index in [0.717, 1.165) is 25.1 Å². The molecule has 2 atom stereocenters. The molecule has 0 radical (unpaired) electrons. The van der Waals surface area contributed by atoms with E-state index in [9.17, 15) is 10.1 Å². The van der Waals surface area contributed by atoms with Crippen molar-refractivity contribution in [3.63, 3.8) is 0 Å². The van der Waals surface area contributed by atoms with Gasteiger partial charge in [0, 0.05) is 31.8 Å². The smallest absolute Gasteiger partial charge is 0.278 e. The topological polar surface area (TPSA) is 71.2 Å². The van der Waals surface area contributed by atoms with E-state index in [2.05, 4.69) is 12.0 Å². The number of guanidine groups is 1. The van der Waals surface area contributed by atoms with Gasteiger partial charge in [-0.15, -0.1) is 0 Å². The Morgan fingerprint density at radius 3 is 2.88 bits per heavy atom. The fourth-order valence-electron chi connectivity index (χ4n) is 3.41. The van der Waals surface area contributed by atoms with Crippen molar-refractivity contribution in [3.05, 3.63) is 51.7 Å². The average molecular weight is 344 g/mol. The Bertz CT molecular complexity index is 689. The van der Waals surface area contributed by atoms with Crippen LogP contribution in [0.5, 0.6) is 0 Å². The van der Waals surface area contributed by atoms with Gasteiger partial charge in [0.1, 0.15) is 5.10 Å². The number of ether oxygens (including phenoxy) is 1. The lowest BCUT2D eigenvalue weighted by Gasteiger charge is -2.21. The SMILES string of the molecule is Cc1ccccc1C=CN1CCN(CC2COC(C)C2)C1=N[N+](=O)[O-]. The van der Waals surface area contributed by atoms with Gasteiger partial charge in [0.15, 0.2) is 5.03 Å². The van der Waals surface area contributed by atoms with E-state index < -0.39 is 5.03 Å². The van der Waals surface area contributed by atoms with Crippen LogP contribution in [0.3, 0.4) is 0 Å². The van der Waals surface area contributed by atoms with Gasteiger partial charge in [0.2, 0.25) is 0 Å². The Morgan fingerprint density at radius 2 is 2.20 bits per heavy atom. The molecule has 0 aromatic heterocycles. The molecule has 0 N–H and O–H groups in total. The maximum atomic E-state index is 11.0. The van der Waals surface area contributed by atoms with Gasteiger partial charge in [-0.3, -0.25) is 0 Å². The standard InChI is InChI=1S/C18H24N4O3/c1-14-5-3-4-6-17(14)7-8-20-9-10-21(18(20)19-22(23)24)12-16-11-15(2)25-13-16/h3-8,15-16H,9-13H2,1-2H3. The van der Waals surface area contributed by atoms with Gasteiger partial charge in [0.25, 0.3) is 5.96 Å². The molecular formula is C18H24N4O3. The van der Waals surface area contributed by atoms with Gasteiger partial charge in [0.05, 0.1) is 12.7 Å².